The van der Waals surface area contributed by atoms with E-state index in [1.54, 1.807) is 14.0 Å². The molecule has 0 fully saturated rings. The molecule has 66 valence electrons. The fraction of sp³-hybridized carbons (Fsp3) is 0.300. The van der Waals surface area contributed by atoms with Crippen LogP contribution in [0.15, 0.2) is 35.3 Å². The van der Waals surface area contributed by atoms with E-state index in [2.05, 4.69) is 24.0 Å². The maximum Gasteiger partial charge on any atom is 0.0902 e. The Bertz CT molecular complexity index is 223. The number of hydrogen-bond donors (Lipinski definition) is 1. The molecular formula is C10H16N2. The number of rotatable bonds is 0. The van der Waals surface area contributed by atoms with Crippen LogP contribution in [0, 0.1) is 6.92 Å². The first-order chi connectivity index (χ1) is 5.66. The normalized spacial score (nSPS) is 10.1. The maximum atomic E-state index is 5.04. The van der Waals surface area contributed by atoms with Crippen LogP contribution in [0.5, 0.6) is 0 Å². The van der Waals surface area contributed by atoms with Crippen molar-refractivity contribution >= 4 is 5.84 Å². The standard InChI is InChI=1S/C7H8.C3H8N2/c1-7-5-3-2-4-6-7;1-3(4)5-2/h2-6H,1H3;1-2H3,(H2,4,5). The summed E-state index contributed by atoms with van der Waals surface area (Å²) >= 11 is 0. The number of nitrogens with zero attached hydrogens (tertiary/aromatic N) is 1. The molecule has 12 heavy (non-hydrogen) atoms. The molecule has 0 aliphatic carbocycles. The fourth-order valence-electron chi connectivity index (χ4n) is 0.534. The summed E-state index contributed by atoms with van der Waals surface area (Å²) in [4.78, 5) is 3.58. The van der Waals surface area contributed by atoms with Gasteiger partial charge in [0.2, 0.25) is 0 Å². The van der Waals surface area contributed by atoms with Crippen LogP contribution in [-0.4, -0.2) is 12.9 Å². The molecule has 0 bridgehead atoms. The van der Waals surface area contributed by atoms with Gasteiger partial charge in [-0.05, 0) is 13.8 Å². The molecule has 0 heterocycles. The van der Waals surface area contributed by atoms with Gasteiger partial charge in [-0.25, -0.2) is 0 Å². The van der Waals surface area contributed by atoms with Gasteiger partial charge in [0.1, 0.15) is 0 Å². The highest BCUT2D eigenvalue weighted by Gasteiger charge is 1.72. The van der Waals surface area contributed by atoms with E-state index in [4.69, 9.17) is 5.73 Å². The van der Waals surface area contributed by atoms with Gasteiger partial charge in [-0.15, -0.1) is 0 Å². The number of amidine groups is 1. The summed E-state index contributed by atoms with van der Waals surface area (Å²) in [6, 6.07) is 10.3. The molecule has 0 aliphatic rings. The van der Waals surface area contributed by atoms with Crippen molar-refractivity contribution in [2.75, 3.05) is 7.05 Å². The lowest BCUT2D eigenvalue weighted by molar-refractivity contribution is 1.38. The van der Waals surface area contributed by atoms with Gasteiger partial charge in [-0.3, -0.25) is 4.99 Å². The molecule has 0 aromatic heterocycles. The zero-order valence-electron chi connectivity index (χ0n) is 7.91. The molecule has 2 heteroatoms. The minimum Gasteiger partial charge on any atom is -0.388 e. The van der Waals surface area contributed by atoms with E-state index in [9.17, 15) is 0 Å². The summed E-state index contributed by atoms with van der Waals surface area (Å²) in [7, 11) is 1.66. The molecule has 0 saturated heterocycles. The molecule has 0 unspecified atom stereocenters. The molecule has 0 saturated carbocycles. The van der Waals surface area contributed by atoms with Gasteiger partial charge in [0, 0.05) is 7.05 Å². The van der Waals surface area contributed by atoms with Crippen LogP contribution in [0.4, 0.5) is 0 Å². The minimum absolute atomic E-state index is 0.630. The van der Waals surface area contributed by atoms with E-state index < -0.39 is 0 Å². The molecule has 1 rings (SSSR count). The van der Waals surface area contributed by atoms with Gasteiger partial charge in [-0.2, -0.15) is 0 Å². The van der Waals surface area contributed by atoms with E-state index in [0.29, 0.717) is 5.84 Å². The van der Waals surface area contributed by atoms with Gasteiger partial charge in [0.25, 0.3) is 0 Å². The first-order valence-electron chi connectivity index (χ1n) is 3.87. The summed E-state index contributed by atoms with van der Waals surface area (Å²) in [6.45, 7) is 3.83. The van der Waals surface area contributed by atoms with Crippen LogP contribution in [-0.2, 0) is 0 Å². The summed E-state index contributed by atoms with van der Waals surface area (Å²) in [5.41, 5.74) is 6.36. The lowest BCUT2D eigenvalue weighted by atomic mass is 10.2. The second-order valence-electron chi connectivity index (χ2n) is 2.52. The lowest BCUT2D eigenvalue weighted by Crippen LogP contribution is -2.03. The third-order valence-corrected chi connectivity index (χ3v) is 1.29. The van der Waals surface area contributed by atoms with Crippen LogP contribution in [0.1, 0.15) is 12.5 Å². The highest BCUT2D eigenvalue weighted by molar-refractivity contribution is 5.77. The average Bonchev–Trinajstić information content (AvgIpc) is 2.07. The smallest absolute Gasteiger partial charge is 0.0902 e. The third-order valence-electron chi connectivity index (χ3n) is 1.29. The minimum atomic E-state index is 0.630. The van der Waals surface area contributed by atoms with Gasteiger partial charge in [0.15, 0.2) is 0 Å². The van der Waals surface area contributed by atoms with Crippen LogP contribution in [0.2, 0.25) is 0 Å². The van der Waals surface area contributed by atoms with Crippen molar-refractivity contribution in [2.45, 2.75) is 13.8 Å². The van der Waals surface area contributed by atoms with E-state index in [0.717, 1.165) is 0 Å². The lowest BCUT2D eigenvalue weighted by Gasteiger charge is -1.82. The highest BCUT2D eigenvalue weighted by atomic mass is 14.8. The van der Waals surface area contributed by atoms with E-state index in [1.165, 1.54) is 5.56 Å². The molecule has 1 aromatic carbocycles. The van der Waals surface area contributed by atoms with Gasteiger partial charge < -0.3 is 5.73 Å². The first kappa shape index (κ1) is 10.7. The molecule has 0 amide bonds. The van der Waals surface area contributed by atoms with E-state index in [1.807, 2.05) is 18.2 Å². The SMILES string of the molecule is CN=C(C)N.Cc1ccccc1. The zero-order chi connectivity index (χ0) is 9.40. The second kappa shape index (κ2) is 6.40. The Balaban J connectivity index is 0.000000217. The fourth-order valence-corrected chi connectivity index (χ4v) is 0.534. The number of benzene rings is 1. The van der Waals surface area contributed by atoms with Gasteiger partial charge in [0.05, 0.1) is 5.84 Å². The van der Waals surface area contributed by atoms with Crippen LogP contribution in [0.3, 0.4) is 0 Å². The summed E-state index contributed by atoms with van der Waals surface area (Å²) < 4.78 is 0. The van der Waals surface area contributed by atoms with Crippen molar-refractivity contribution in [3.8, 4) is 0 Å². The first-order valence-corrected chi connectivity index (χ1v) is 3.87. The number of aliphatic imine (C=N–C) groups is 1. The third kappa shape index (κ3) is 6.81. The Morgan fingerprint density at radius 1 is 1.25 bits per heavy atom. The van der Waals surface area contributed by atoms with E-state index in [-0.39, 0.29) is 0 Å². The largest absolute Gasteiger partial charge is 0.388 e. The second-order valence-corrected chi connectivity index (χ2v) is 2.52. The quantitative estimate of drug-likeness (QED) is 0.462. The summed E-state index contributed by atoms with van der Waals surface area (Å²) in [5.74, 6) is 0.630. The van der Waals surface area contributed by atoms with Crippen molar-refractivity contribution in [1.82, 2.24) is 0 Å². The summed E-state index contributed by atoms with van der Waals surface area (Å²) in [5, 5.41) is 0. The number of aryl methyl sites for hydroxylation is 1. The topological polar surface area (TPSA) is 38.4 Å². The Morgan fingerprint density at radius 2 is 1.67 bits per heavy atom. The highest BCUT2D eigenvalue weighted by Crippen LogP contribution is 1.92. The maximum absolute atomic E-state index is 5.04. The Kier molecular flexibility index (Phi) is 5.70. The molecule has 0 radical (unpaired) electrons. The Hall–Kier alpha value is -1.31. The van der Waals surface area contributed by atoms with Crippen molar-refractivity contribution in [2.24, 2.45) is 10.7 Å². The van der Waals surface area contributed by atoms with Crippen LogP contribution >= 0.6 is 0 Å². The molecule has 1 aromatic rings. The summed E-state index contributed by atoms with van der Waals surface area (Å²) in [6.07, 6.45) is 0. The number of nitrogens with two attached hydrogens (primary N) is 1. The zero-order valence-corrected chi connectivity index (χ0v) is 7.91. The van der Waals surface area contributed by atoms with Crippen molar-refractivity contribution in [3.63, 3.8) is 0 Å². The molecular weight excluding hydrogens is 148 g/mol. The predicted molar refractivity (Wildman–Crippen MR) is 54.4 cm³/mol. The van der Waals surface area contributed by atoms with Crippen LogP contribution < -0.4 is 5.73 Å². The molecule has 2 nitrogen and oxygen atoms in total. The molecule has 0 aliphatic heterocycles. The Morgan fingerprint density at radius 3 is 1.83 bits per heavy atom. The molecule has 0 atom stereocenters. The van der Waals surface area contributed by atoms with Crippen molar-refractivity contribution < 1.29 is 0 Å². The average molecular weight is 164 g/mol. The predicted octanol–water partition coefficient (Wildman–Crippen LogP) is 1.99. The van der Waals surface area contributed by atoms with Crippen molar-refractivity contribution in [1.29, 1.82) is 0 Å². The number of hydrogen-bond acceptors (Lipinski definition) is 1. The van der Waals surface area contributed by atoms with Gasteiger partial charge in [-0.1, -0.05) is 35.9 Å². The van der Waals surface area contributed by atoms with Gasteiger partial charge >= 0.3 is 0 Å². The van der Waals surface area contributed by atoms with Crippen molar-refractivity contribution in [3.05, 3.63) is 35.9 Å². The van der Waals surface area contributed by atoms with E-state index >= 15 is 0 Å². The van der Waals surface area contributed by atoms with Crippen LogP contribution in [0.25, 0.3) is 0 Å². The molecule has 2 N–H and O–H groups in total. The molecule has 0 spiro atoms. The monoisotopic (exact) mass is 164 g/mol. The Labute approximate surface area is 74.1 Å².